The van der Waals surface area contributed by atoms with Crippen LogP contribution in [0.3, 0.4) is 0 Å². The maximum atomic E-state index is 12.1. The van der Waals surface area contributed by atoms with Crippen molar-refractivity contribution in [2.24, 2.45) is 0 Å². The molecule has 1 aromatic heterocycles. The van der Waals surface area contributed by atoms with Gasteiger partial charge in [0.15, 0.2) is 17.1 Å². The van der Waals surface area contributed by atoms with Gasteiger partial charge in [-0.1, -0.05) is 6.92 Å². The molecule has 1 aromatic carbocycles. The molecule has 1 heterocycles. The highest BCUT2D eigenvalue weighted by atomic mass is 16.3. The molecule has 3 heteroatoms. The molecule has 1 aliphatic rings. The fourth-order valence-electron chi connectivity index (χ4n) is 3.16. The van der Waals surface area contributed by atoms with Gasteiger partial charge in [-0.25, -0.2) is 0 Å². The quantitative estimate of drug-likeness (QED) is 0.766. The van der Waals surface area contributed by atoms with Crippen LogP contribution in [0, 0.1) is 13.8 Å². The van der Waals surface area contributed by atoms with Crippen LogP contribution >= 0.6 is 0 Å². The minimum Gasteiger partial charge on any atom is -0.504 e. The Bertz CT molecular complexity index is 664. The van der Waals surface area contributed by atoms with Crippen LogP contribution in [-0.2, 0) is 0 Å². The number of hydrogen-bond acceptors (Lipinski definition) is 3. The second kappa shape index (κ2) is 3.61. The van der Waals surface area contributed by atoms with Gasteiger partial charge in [0.25, 0.3) is 0 Å². The molecule has 0 unspecified atom stereocenters. The van der Waals surface area contributed by atoms with E-state index < -0.39 is 0 Å². The Balaban J connectivity index is 2.51. The third-order valence-electron chi connectivity index (χ3n) is 4.05. The summed E-state index contributed by atoms with van der Waals surface area (Å²) in [6, 6.07) is 0. The van der Waals surface area contributed by atoms with E-state index in [1.807, 2.05) is 13.8 Å². The van der Waals surface area contributed by atoms with Crippen molar-refractivity contribution in [3.63, 3.8) is 0 Å². The summed E-state index contributed by atoms with van der Waals surface area (Å²) in [7, 11) is 0. The van der Waals surface area contributed by atoms with Gasteiger partial charge < -0.3 is 9.52 Å². The molecule has 3 rings (SSSR count). The zero-order valence-electron chi connectivity index (χ0n) is 10.8. The van der Waals surface area contributed by atoms with Crippen LogP contribution < -0.4 is 0 Å². The minimum atomic E-state index is 0.0234. The number of Topliss-reactive ketones (excluding diaryl/α,β-unsaturated/α-hetero) is 1. The van der Waals surface area contributed by atoms with Crippen molar-refractivity contribution in [1.82, 2.24) is 0 Å². The normalized spacial score (nSPS) is 19.3. The SMILES string of the molecule is Cc1coc2c(O)c3c(c(C)c12)[C@@H](C)CCC3=O. The number of aromatic hydroxyl groups is 1. The van der Waals surface area contributed by atoms with E-state index in [0.717, 1.165) is 28.5 Å². The van der Waals surface area contributed by atoms with Gasteiger partial charge in [0.05, 0.1) is 11.8 Å². The molecule has 2 aromatic rings. The molecule has 0 aliphatic heterocycles. The van der Waals surface area contributed by atoms with E-state index in [1.165, 1.54) is 0 Å². The molecule has 0 fully saturated rings. The van der Waals surface area contributed by atoms with Gasteiger partial charge in [-0.15, -0.1) is 0 Å². The second-order valence-corrected chi connectivity index (χ2v) is 5.25. The van der Waals surface area contributed by atoms with E-state index in [4.69, 9.17) is 4.42 Å². The first-order chi connectivity index (χ1) is 8.52. The van der Waals surface area contributed by atoms with Crippen LogP contribution in [0.1, 0.15) is 52.7 Å². The lowest BCUT2D eigenvalue weighted by atomic mass is 9.79. The van der Waals surface area contributed by atoms with Gasteiger partial charge in [-0.2, -0.15) is 0 Å². The summed E-state index contributed by atoms with van der Waals surface area (Å²) in [5.74, 6) is 0.359. The van der Waals surface area contributed by atoms with Crippen LogP contribution in [0.15, 0.2) is 10.7 Å². The molecule has 0 saturated heterocycles. The molecule has 0 amide bonds. The Morgan fingerprint density at radius 3 is 2.83 bits per heavy atom. The van der Waals surface area contributed by atoms with Crippen molar-refractivity contribution in [2.75, 3.05) is 0 Å². The number of phenolic OH excluding ortho intramolecular Hbond substituents is 1. The summed E-state index contributed by atoms with van der Waals surface area (Å²) in [4.78, 5) is 12.1. The number of fused-ring (bicyclic) bond motifs is 2. The Morgan fingerprint density at radius 1 is 1.39 bits per heavy atom. The van der Waals surface area contributed by atoms with Crippen molar-refractivity contribution in [1.29, 1.82) is 0 Å². The van der Waals surface area contributed by atoms with Gasteiger partial charge in [-0.3, -0.25) is 4.79 Å². The summed E-state index contributed by atoms with van der Waals surface area (Å²) in [6.07, 6.45) is 3.00. The van der Waals surface area contributed by atoms with Crippen LogP contribution in [-0.4, -0.2) is 10.9 Å². The minimum absolute atomic E-state index is 0.0234. The number of benzene rings is 1. The highest BCUT2D eigenvalue weighted by molar-refractivity contribution is 6.07. The van der Waals surface area contributed by atoms with Crippen molar-refractivity contribution in [2.45, 2.75) is 39.5 Å². The molecule has 0 spiro atoms. The van der Waals surface area contributed by atoms with Crippen molar-refractivity contribution in [3.05, 3.63) is 28.5 Å². The molecule has 1 N–H and O–H groups in total. The van der Waals surface area contributed by atoms with E-state index in [0.29, 0.717) is 23.5 Å². The van der Waals surface area contributed by atoms with Gasteiger partial charge in [0, 0.05) is 11.8 Å². The molecule has 1 aliphatic carbocycles. The Hall–Kier alpha value is -1.77. The van der Waals surface area contributed by atoms with Gasteiger partial charge in [0.2, 0.25) is 0 Å². The van der Waals surface area contributed by atoms with Crippen molar-refractivity contribution in [3.8, 4) is 5.75 Å². The molecular weight excluding hydrogens is 228 g/mol. The van der Waals surface area contributed by atoms with Crippen LogP contribution in [0.4, 0.5) is 0 Å². The summed E-state index contributed by atoms with van der Waals surface area (Å²) in [5.41, 5.74) is 4.01. The second-order valence-electron chi connectivity index (χ2n) is 5.25. The topological polar surface area (TPSA) is 50.4 Å². The summed E-state index contributed by atoms with van der Waals surface area (Å²) >= 11 is 0. The average Bonchev–Trinajstić information content (AvgIpc) is 2.72. The van der Waals surface area contributed by atoms with Gasteiger partial charge in [-0.05, 0) is 42.9 Å². The number of hydrogen-bond donors (Lipinski definition) is 1. The summed E-state index contributed by atoms with van der Waals surface area (Å²) in [5, 5.41) is 11.3. The van der Waals surface area contributed by atoms with E-state index in [1.54, 1.807) is 6.26 Å². The lowest BCUT2D eigenvalue weighted by Crippen LogP contribution is -2.16. The molecular formula is C15H16O3. The fraction of sp³-hybridized carbons (Fsp3) is 0.400. The van der Waals surface area contributed by atoms with Crippen molar-refractivity contribution < 1.29 is 14.3 Å². The highest BCUT2D eigenvalue weighted by Crippen LogP contribution is 2.44. The number of rotatable bonds is 0. The van der Waals surface area contributed by atoms with Crippen molar-refractivity contribution >= 4 is 16.8 Å². The van der Waals surface area contributed by atoms with Crippen LogP contribution in [0.2, 0.25) is 0 Å². The predicted octanol–water partition coefficient (Wildman–Crippen LogP) is 3.84. The van der Waals surface area contributed by atoms with E-state index in [2.05, 4.69) is 6.92 Å². The van der Waals surface area contributed by atoms with E-state index in [-0.39, 0.29) is 11.5 Å². The standard InChI is InChI=1S/C15H16O3/c1-7-4-5-10(16)13-11(7)9(3)12-8(2)6-18-15(12)14(13)17/h6-7,17H,4-5H2,1-3H3/t7-/m0/s1. The first-order valence-electron chi connectivity index (χ1n) is 6.28. The zero-order valence-corrected chi connectivity index (χ0v) is 10.8. The van der Waals surface area contributed by atoms with E-state index >= 15 is 0 Å². The predicted molar refractivity (Wildman–Crippen MR) is 69.3 cm³/mol. The number of phenols is 1. The Morgan fingerprint density at radius 2 is 2.11 bits per heavy atom. The molecule has 1 atom stereocenters. The van der Waals surface area contributed by atoms with Gasteiger partial charge in [0.1, 0.15) is 0 Å². The van der Waals surface area contributed by atoms with Gasteiger partial charge >= 0.3 is 0 Å². The maximum absolute atomic E-state index is 12.1. The molecule has 0 bridgehead atoms. The molecule has 18 heavy (non-hydrogen) atoms. The number of aryl methyl sites for hydroxylation is 2. The zero-order chi connectivity index (χ0) is 13.0. The van der Waals surface area contributed by atoms with Crippen LogP contribution in [0.5, 0.6) is 5.75 Å². The van der Waals surface area contributed by atoms with E-state index in [9.17, 15) is 9.90 Å². The average molecular weight is 244 g/mol. The number of carbonyl (C=O) groups is 1. The largest absolute Gasteiger partial charge is 0.504 e. The number of ketones is 1. The summed E-state index contributed by atoms with van der Waals surface area (Å²) in [6.45, 7) is 6.08. The number of carbonyl (C=O) groups excluding carboxylic acids is 1. The first kappa shape index (κ1) is 11.3. The maximum Gasteiger partial charge on any atom is 0.176 e. The third kappa shape index (κ3) is 1.27. The number of furan rings is 1. The smallest absolute Gasteiger partial charge is 0.176 e. The van der Waals surface area contributed by atoms with Crippen LogP contribution in [0.25, 0.3) is 11.0 Å². The summed E-state index contributed by atoms with van der Waals surface area (Å²) < 4.78 is 5.41. The lowest BCUT2D eigenvalue weighted by Gasteiger charge is -2.24. The Kier molecular flexibility index (Phi) is 2.27. The fourth-order valence-corrected chi connectivity index (χ4v) is 3.16. The molecule has 3 nitrogen and oxygen atoms in total. The molecule has 0 saturated carbocycles. The lowest BCUT2D eigenvalue weighted by molar-refractivity contribution is 0.0965. The Labute approximate surface area is 105 Å². The molecule has 0 radical (unpaired) electrons. The molecule has 94 valence electrons. The third-order valence-corrected chi connectivity index (χ3v) is 4.05. The first-order valence-corrected chi connectivity index (χ1v) is 6.28. The monoisotopic (exact) mass is 244 g/mol. The highest BCUT2D eigenvalue weighted by Gasteiger charge is 2.31.